The maximum atomic E-state index is 11.6. The normalized spacial score (nSPS) is 10.6. The number of benzene rings is 1. The Bertz CT molecular complexity index is 518. The molecule has 0 saturated heterocycles. The number of rotatable bonds is 3. The second-order valence-corrected chi connectivity index (χ2v) is 3.70. The SMILES string of the molecule is O=C(N/N=C\c1ccoc1)c1ccc(Cl)cc1. The molecular weight excluding hydrogens is 240 g/mol. The van der Waals surface area contributed by atoms with Crippen LogP contribution in [0.4, 0.5) is 0 Å². The molecule has 0 aliphatic heterocycles. The number of halogens is 1. The highest BCUT2D eigenvalue weighted by molar-refractivity contribution is 6.30. The molecule has 0 fully saturated rings. The lowest BCUT2D eigenvalue weighted by molar-refractivity contribution is 0.0955. The third kappa shape index (κ3) is 3.19. The van der Waals surface area contributed by atoms with Crippen molar-refractivity contribution in [2.24, 2.45) is 5.10 Å². The van der Waals surface area contributed by atoms with E-state index < -0.39 is 0 Å². The summed E-state index contributed by atoms with van der Waals surface area (Å²) in [7, 11) is 0. The topological polar surface area (TPSA) is 54.6 Å². The molecule has 0 unspecified atom stereocenters. The summed E-state index contributed by atoms with van der Waals surface area (Å²) < 4.78 is 4.85. The minimum Gasteiger partial charge on any atom is -0.472 e. The molecule has 0 atom stereocenters. The van der Waals surface area contributed by atoms with Crippen LogP contribution in [-0.4, -0.2) is 12.1 Å². The summed E-state index contributed by atoms with van der Waals surface area (Å²) in [5.74, 6) is -0.290. The molecule has 2 aromatic rings. The molecule has 1 N–H and O–H groups in total. The van der Waals surface area contributed by atoms with Gasteiger partial charge in [0.15, 0.2) is 0 Å². The van der Waals surface area contributed by atoms with E-state index in [9.17, 15) is 4.79 Å². The van der Waals surface area contributed by atoms with Crippen LogP contribution in [0.3, 0.4) is 0 Å². The van der Waals surface area contributed by atoms with Crippen LogP contribution in [0.15, 0.2) is 52.4 Å². The van der Waals surface area contributed by atoms with Crippen molar-refractivity contribution in [3.8, 4) is 0 Å². The van der Waals surface area contributed by atoms with Crippen molar-refractivity contribution in [2.45, 2.75) is 0 Å². The molecule has 86 valence electrons. The Morgan fingerprint density at radius 1 is 1.29 bits per heavy atom. The van der Waals surface area contributed by atoms with Gasteiger partial charge in [-0.1, -0.05) is 11.6 Å². The number of hydrazone groups is 1. The number of amides is 1. The predicted octanol–water partition coefficient (Wildman–Crippen LogP) is 2.70. The van der Waals surface area contributed by atoms with Crippen LogP contribution < -0.4 is 5.43 Å². The standard InChI is InChI=1S/C12H9ClN2O2/c13-11-3-1-10(2-4-11)12(16)15-14-7-9-5-6-17-8-9/h1-8H,(H,15,16)/b14-7-. The zero-order chi connectivity index (χ0) is 12.1. The lowest BCUT2D eigenvalue weighted by atomic mass is 10.2. The monoisotopic (exact) mass is 248 g/mol. The van der Waals surface area contributed by atoms with Gasteiger partial charge < -0.3 is 4.42 Å². The van der Waals surface area contributed by atoms with Gasteiger partial charge in [-0.15, -0.1) is 0 Å². The quantitative estimate of drug-likeness (QED) is 0.671. The second-order valence-electron chi connectivity index (χ2n) is 3.26. The van der Waals surface area contributed by atoms with E-state index in [1.54, 1.807) is 30.3 Å². The van der Waals surface area contributed by atoms with Gasteiger partial charge in [0, 0.05) is 16.1 Å². The fourth-order valence-corrected chi connectivity index (χ4v) is 1.31. The van der Waals surface area contributed by atoms with E-state index in [1.165, 1.54) is 18.7 Å². The molecule has 1 amide bonds. The van der Waals surface area contributed by atoms with E-state index in [2.05, 4.69) is 10.5 Å². The lowest BCUT2D eigenvalue weighted by Gasteiger charge is -1.98. The molecule has 0 saturated carbocycles. The Hall–Kier alpha value is -2.07. The molecule has 0 aliphatic carbocycles. The first-order valence-electron chi connectivity index (χ1n) is 4.87. The highest BCUT2D eigenvalue weighted by atomic mass is 35.5. The minimum atomic E-state index is -0.290. The van der Waals surface area contributed by atoms with Crippen LogP contribution in [0.25, 0.3) is 0 Å². The van der Waals surface area contributed by atoms with Crippen LogP contribution in [0, 0.1) is 0 Å². The number of carbonyl (C=O) groups is 1. The van der Waals surface area contributed by atoms with Gasteiger partial charge in [0.05, 0.1) is 18.7 Å². The van der Waals surface area contributed by atoms with Crippen LogP contribution in [0.2, 0.25) is 5.02 Å². The number of nitrogens with one attached hydrogen (secondary N) is 1. The van der Waals surface area contributed by atoms with Gasteiger partial charge in [-0.25, -0.2) is 5.43 Å². The first-order valence-corrected chi connectivity index (χ1v) is 5.25. The largest absolute Gasteiger partial charge is 0.472 e. The second kappa shape index (κ2) is 5.32. The zero-order valence-corrected chi connectivity index (χ0v) is 9.52. The van der Waals surface area contributed by atoms with Crippen LogP contribution >= 0.6 is 11.6 Å². The number of nitrogens with zero attached hydrogens (tertiary/aromatic N) is 1. The average Bonchev–Trinajstić information content (AvgIpc) is 2.83. The lowest BCUT2D eigenvalue weighted by Crippen LogP contribution is -2.17. The molecule has 0 aliphatic rings. The summed E-state index contributed by atoms with van der Waals surface area (Å²) in [6.45, 7) is 0. The molecular formula is C12H9ClN2O2. The number of carbonyl (C=O) groups excluding carboxylic acids is 1. The predicted molar refractivity (Wildman–Crippen MR) is 65.2 cm³/mol. The van der Waals surface area contributed by atoms with E-state index in [4.69, 9.17) is 16.0 Å². The maximum absolute atomic E-state index is 11.6. The van der Waals surface area contributed by atoms with E-state index in [-0.39, 0.29) is 5.91 Å². The summed E-state index contributed by atoms with van der Waals surface area (Å²) in [5, 5.41) is 4.38. The maximum Gasteiger partial charge on any atom is 0.271 e. The van der Waals surface area contributed by atoms with Gasteiger partial charge in [0.25, 0.3) is 5.91 Å². The molecule has 1 heterocycles. The highest BCUT2D eigenvalue weighted by Crippen LogP contribution is 2.09. The van der Waals surface area contributed by atoms with Gasteiger partial charge in [-0.05, 0) is 30.3 Å². The summed E-state index contributed by atoms with van der Waals surface area (Å²) in [6, 6.07) is 8.29. The Morgan fingerprint density at radius 3 is 2.71 bits per heavy atom. The fraction of sp³-hybridized carbons (Fsp3) is 0. The van der Waals surface area contributed by atoms with Crippen LogP contribution in [0.5, 0.6) is 0 Å². The van der Waals surface area contributed by atoms with E-state index >= 15 is 0 Å². The van der Waals surface area contributed by atoms with Crippen molar-refractivity contribution in [3.63, 3.8) is 0 Å². The third-order valence-corrected chi connectivity index (χ3v) is 2.28. The smallest absolute Gasteiger partial charge is 0.271 e. The van der Waals surface area contributed by atoms with Crippen molar-refractivity contribution in [1.29, 1.82) is 0 Å². The number of hydrogen-bond donors (Lipinski definition) is 1. The summed E-state index contributed by atoms with van der Waals surface area (Å²) >= 11 is 5.72. The van der Waals surface area contributed by atoms with E-state index in [0.717, 1.165) is 5.56 Å². The van der Waals surface area contributed by atoms with Gasteiger partial charge in [0.1, 0.15) is 0 Å². The molecule has 0 radical (unpaired) electrons. The van der Waals surface area contributed by atoms with Crippen molar-refractivity contribution in [3.05, 3.63) is 59.0 Å². The molecule has 0 bridgehead atoms. The summed E-state index contributed by atoms with van der Waals surface area (Å²) in [6.07, 6.45) is 4.55. The molecule has 17 heavy (non-hydrogen) atoms. The molecule has 1 aromatic heterocycles. The Morgan fingerprint density at radius 2 is 2.06 bits per heavy atom. The molecule has 1 aromatic carbocycles. The van der Waals surface area contributed by atoms with Crippen LogP contribution in [0.1, 0.15) is 15.9 Å². The first kappa shape index (κ1) is 11.4. The fourth-order valence-electron chi connectivity index (χ4n) is 1.18. The van der Waals surface area contributed by atoms with Crippen molar-refractivity contribution >= 4 is 23.7 Å². The Balaban J connectivity index is 1.96. The number of furan rings is 1. The molecule has 2 rings (SSSR count). The summed E-state index contributed by atoms with van der Waals surface area (Å²) in [4.78, 5) is 11.6. The molecule has 0 spiro atoms. The van der Waals surface area contributed by atoms with E-state index in [1.807, 2.05) is 0 Å². The van der Waals surface area contributed by atoms with E-state index in [0.29, 0.717) is 10.6 Å². The average molecular weight is 249 g/mol. The van der Waals surface area contributed by atoms with Gasteiger partial charge in [0.2, 0.25) is 0 Å². The Labute approximate surface area is 103 Å². The van der Waals surface area contributed by atoms with Crippen LogP contribution in [-0.2, 0) is 0 Å². The zero-order valence-electron chi connectivity index (χ0n) is 8.76. The van der Waals surface area contributed by atoms with Gasteiger partial charge in [-0.2, -0.15) is 5.10 Å². The summed E-state index contributed by atoms with van der Waals surface area (Å²) in [5.41, 5.74) is 3.68. The highest BCUT2D eigenvalue weighted by Gasteiger charge is 2.02. The molecule has 5 heteroatoms. The van der Waals surface area contributed by atoms with Gasteiger partial charge in [-0.3, -0.25) is 4.79 Å². The van der Waals surface area contributed by atoms with Crippen molar-refractivity contribution < 1.29 is 9.21 Å². The van der Waals surface area contributed by atoms with Crippen molar-refractivity contribution in [2.75, 3.05) is 0 Å². The Kier molecular flexibility index (Phi) is 3.57. The van der Waals surface area contributed by atoms with Gasteiger partial charge >= 0.3 is 0 Å². The molecule has 4 nitrogen and oxygen atoms in total. The number of hydrogen-bond acceptors (Lipinski definition) is 3. The third-order valence-electron chi connectivity index (χ3n) is 2.03. The minimum absolute atomic E-state index is 0.290. The van der Waals surface area contributed by atoms with Crippen molar-refractivity contribution in [1.82, 2.24) is 5.43 Å². The first-order chi connectivity index (χ1) is 8.25.